The van der Waals surface area contributed by atoms with Crippen LogP contribution in [0, 0.1) is 0 Å². The molecule has 1 aromatic carbocycles. The fourth-order valence-corrected chi connectivity index (χ4v) is 5.99. The molecule has 5 rings (SSSR count). The maximum Gasteiger partial charge on any atom is 0.232 e. The van der Waals surface area contributed by atoms with Gasteiger partial charge in [0.2, 0.25) is 10.0 Å². The molecule has 0 saturated carbocycles. The number of fused-ring (bicyclic) bond motifs is 1. The quantitative estimate of drug-likeness (QED) is 0.293. The van der Waals surface area contributed by atoms with Crippen LogP contribution in [0.4, 0.5) is 5.69 Å². The summed E-state index contributed by atoms with van der Waals surface area (Å²) < 4.78 is 29.0. The lowest BCUT2D eigenvalue weighted by Crippen LogP contribution is -2.29. The monoisotopic (exact) mass is 526 g/mol. The fraction of sp³-hybridized carbons (Fsp3) is 0.320. The van der Waals surface area contributed by atoms with E-state index < -0.39 is 10.0 Å². The molecule has 0 bridgehead atoms. The summed E-state index contributed by atoms with van der Waals surface area (Å²) >= 11 is 6.49. The molecule has 1 saturated heterocycles. The number of pyridine rings is 1. The first-order valence-electron chi connectivity index (χ1n) is 11.9. The number of halogens is 1. The van der Waals surface area contributed by atoms with E-state index >= 15 is 0 Å². The SMILES string of the molecule is CCCS(=O)(=O)Nc1cccc(C(=O)c2c[nH]c3ncc(-c4cnn(C5CCNCC5)c4)cc23)c1Cl. The highest BCUT2D eigenvalue weighted by Gasteiger charge is 2.22. The molecule has 11 heteroatoms. The summed E-state index contributed by atoms with van der Waals surface area (Å²) in [5.41, 5.74) is 3.14. The smallest absolute Gasteiger partial charge is 0.232 e. The minimum atomic E-state index is -3.55. The number of hydrogen-bond donors (Lipinski definition) is 3. The van der Waals surface area contributed by atoms with E-state index in [1.54, 1.807) is 37.5 Å². The number of sulfonamides is 1. The summed E-state index contributed by atoms with van der Waals surface area (Å²) in [6.45, 7) is 3.73. The third-order valence-corrected chi connectivity index (χ3v) is 8.26. The second-order valence-electron chi connectivity index (χ2n) is 8.93. The molecule has 1 aliphatic rings. The molecular weight excluding hydrogens is 500 g/mol. The van der Waals surface area contributed by atoms with Crippen LogP contribution >= 0.6 is 11.6 Å². The molecule has 36 heavy (non-hydrogen) atoms. The number of aromatic amines is 1. The van der Waals surface area contributed by atoms with Gasteiger partial charge in [0, 0.05) is 46.2 Å². The zero-order chi connectivity index (χ0) is 25.3. The molecule has 0 amide bonds. The lowest BCUT2D eigenvalue weighted by Gasteiger charge is -2.22. The highest BCUT2D eigenvalue weighted by Crippen LogP contribution is 2.32. The van der Waals surface area contributed by atoms with E-state index in [2.05, 4.69) is 25.1 Å². The first-order chi connectivity index (χ1) is 17.4. The molecule has 188 valence electrons. The van der Waals surface area contributed by atoms with E-state index in [-0.39, 0.29) is 27.8 Å². The van der Waals surface area contributed by atoms with Gasteiger partial charge >= 0.3 is 0 Å². The number of nitrogens with zero attached hydrogens (tertiary/aromatic N) is 3. The topological polar surface area (TPSA) is 122 Å². The van der Waals surface area contributed by atoms with Crippen LogP contribution < -0.4 is 10.0 Å². The Hall–Kier alpha value is -3.21. The lowest BCUT2D eigenvalue weighted by atomic mass is 10.0. The standard InChI is InChI=1S/C25H27ClN6O3S/c1-2-10-36(34,35)31-22-5-3-4-19(23(22)26)24(33)21-14-29-25-20(21)11-16(12-28-25)17-13-30-32(15-17)18-6-8-27-9-7-18/h3-5,11-15,18,27,31H,2,6-10H2,1H3,(H,28,29). The van der Waals surface area contributed by atoms with E-state index in [4.69, 9.17) is 11.6 Å². The van der Waals surface area contributed by atoms with Gasteiger partial charge in [-0.2, -0.15) is 5.10 Å². The van der Waals surface area contributed by atoms with Crippen molar-refractivity contribution in [3.63, 3.8) is 0 Å². The highest BCUT2D eigenvalue weighted by molar-refractivity contribution is 7.92. The van der Waals surface area contributed by atoms with Gasteiger partial charge in [0.1, 0.15) is 5.65 Å². The molecule has 4 heterocycles. The molecule has 9 nitrogen and oxygen atoms in total. The number of hydrogen-bond acceptors (Lipinski definition) is 6. The molecule has 3 aromatic heterocycles. The second-order valence-corrected chi connectivity index (χ2v) is 11.1. The number of H-pyrrole nitrogens is 1. The average molecular weight is 527 g/mol. The normalized spacial score (nSPS) is 14.8. The second kappa shape index (κ2) is 10.0. The van der Waals surface area contributed by atoms with Gasteiger partial charge in [-0.3, -0.25) is 14.2 Å². The van der Waals surface area contributed by atoms with E-state index in [9.17, 15) is 13.2 Å². The third kappa shape index (κ3) is 4.88. The first kappa shape index (κ1) is 24.5. The van der Waals surface area contributed by atoms with Crippen LogP contribution in [0.5, 0.6) is 0 Å². The summed E-state index contributed by atoms with van der Waals surface area (Å²) in [5, 5.41) is 8.64. The number of anilines is 1. The average Bonchev–Trinajstić information content (AvgIpc) is 3.53. The van der Waals surface area contributed by atoms with Crippen LogP contribution in [0.2, 0.25) is 5.02 Å². The van der Waals surface area contributed by atoms with Crippen molar-refractivity contribution in [3.8, 4) is 11.1 Å². The van der Waals surface area contributed by atoms with Gasteiger partial charge < -0.3 is 10.3 Å². The maximum absolute atomic E-state index is 13.5. The van der Waals surface area contributed by atoms with Gasteiger partial charge in [-0.05, 0) is 50.6 Å². The lowest BCUT2D eigenvalue weighted by molar-refractivity contribution is 0.104. The number of aromatic nitrogens is 4. The number of carbonyl (C=O) groups is 1. The number of benzene rings is 1. The molecule has 0 spiro atoms. The zero-order valence-electron chi connectivity index (χ0n) is 19.8. The number of carbonyl (C=O) groups excluding carboxylic acids is 1. The van der Waals surface area contributed by atoms with Gasteiger partial charge in [0.05, 0.1) is 28.7 Å². The van der Waals surface area contributed by atoms with Crippen LogP contribution in [0.15, 0.2) is 49.1 Å². The van der Waals surface area contributed by atoms with E-state index in [1.807, 2.05) is 23.1 Å². The van der Waals surface area contributed by atoms with Crippen molar-refractivity contribution in [1.82, 2.24) is 25.1 Å². The van der Waals surface area contributed by atoms with Crippen molar-refractivity contribution >= 4 is 44.1 Å². The predicted octanol–water partition coefficient (Wildman–Crippen LogP) is 4.39. The summed E-state index contributed by atoms with van der Waals surface area (Å²) in [7, 11) is -3.55. The Balaban J connectivity index is 1.46. The highest BCUT2D eigenvalue weighted by atomic mass is 35.5. The Labute approximate surface area is 214 Å². The van der Waals surface area contributed by atoms with Crippen LogP contribution in [0.3, 0.4) is 0 Å². The van der Waals surface area contributed by atoms with Crippen LogP contribution in [-0.2, 0) is 10.0 Å². The molecule has 0 aliphatic carbocycles. The molecule has 4 aromatic rings. The summed E-state index contributed by atoms with van der Waals surface area (Å²) in [4.78, 5) is 21.1. The van der Waals surface area contributed by atoms with Crippen molar-refractivity contribution in [3.05, 3.63) is 65.2 Å². The maximum atomic E-state index is 13.5. The number of nitrogens with one attached hydrogen (secondary N) is 3. The van der Waals surface area contributed by atoms with Crippen molar-refractivity contribution in [2.75, 3.05) is 23.6 Å². The third-order valence-electron chi connectivity index (χ3n) is 6.38. The predicted molar refractivity (Wildman–Crippen MR) is 141 cm³/mol. The van der Waals surface area contributed by atoms with Crippen molar-refractivity contribution in [1.29, 1.82) is 0 Å². The van der Waals surface area contributed by atoms with E-state index in [0.717, 1.165) is 37.1 Å². The molecule has 1 fully saturated rings. The van der Waals surface area contributed by atoms with Gasteiger partial charge in [0.15, 0.2) is 5.78 Å². The molecule has 1 aliphatic heterocycles. The van der Waals surface area contributed by atoms with Crippen molar-refractivity contribution < 1.29 is 13.2 Å². The molecular formula is C25H27ClN6O3S. The van der Waals surface area contributed by atoms with Gasteiger partial charge in [-0.15, -0.1) is 0 Å². The number of rotatable bonds is 8. The molecule has 0 radical (unpaired) electrons. The Kier molecular flexibility index (Phi) is 6.83. The Morgan fingerprint density at radius 3 is 2.78 bits per heavy atom. The Morgan fingerprint density at radius 1 is 1.19 bits per heavy atom. The zero-order valence-corrected chi connectivity index (χ0v) is 21.4. The Morgan fingerprint density at radius 2 is 2.00 bits per heavy atom. The van der Waals surface area contributed by atoms with Crippen LogP contribution in [-0.4, -0.2) is 52.8 Å². The minimum Gasteiger partial charge on any atom is -0.345 e. The van der Waals surface area contributed by atoms with Crippen molar-refractivity contribution in [2.45, 2.75) is 32.2 Å². The minimum absolute atomic E-state index is 0.0351. The molecule has 0 atom stereocenters. The van der Waals surface area contributed by atoms with Crippen LogP contribution in [0.1, 0.15) is 48.1 Å². The number of piperidine rings is 1. The van der Waals surface area contributed by atoms with E-state index in [0.29, 0.717) is 29.1 Å². The van der Waals surface area contributed by atoms with Gasteiger partial charge in [-0.1, -0.05) is 24.6 Å². The fourth-order valence-electron chi connectivity index (χ4n) is 4.53. The van der Waals surface area contributed by atoms with Gasteiger partial charge in [-0.25, -0.2) is 13.4 Å². The first-order valence-corrected chi connectivity index (χ1v) is 14.0. The van der Waals surface area contributed by atoms with E-state index in [1.165, 1.54) is 0 Å². The summed E-state index contributed by atoms with van der Waals surface area (Å²) in [6.07, 6.45) is 9.73. The molecule has 3 N–H and O–H groups in total. The largest absolute Gasteiger partial charge is 0.345 e. The summed E-state index contributed by atoms with van der Waals surface area (Å²) in [6, 6.07) is 7.02. The van der Waals surface area contributed by atoms with Crippen molar-refractivity contribution in [2.24, 2.45) is 0 Å². The summed E-state index contributed by atoms with van der Waals surface area (Å²) in [5.74, 6) is -0.362. The Bertz CT molecular complexity index is 1520. The van der Waals surface area contributed by atoms with Crippen LogP contribution in [0.25, 0.3) is 22.2 Å². The molecule has 0 unspecified atom stereocenters. The number of ketones is 1. The van der Waals surface area contributed by atoms with Gasteiger partial charge in [0.25, 0.3) is 0 Å².